The molecule has 0 saturated carbocycles. The zero-order chi connectivity index (χ0) is 12.1. The molecule has 0 bridgehead atoms. The Labute approximate surface area is 103 Å². The Bertz CT molecular complexity index is 404. The van der Waals surface area contributed by atoms with Crippen molar-refractivity contribution in [1.82, 2.24) is 0 Å². The third-order valence-electron chi connectivity index (χ3n) is 2.04. The minimum absolute atomic E-state index is 0.285. The van der Waals surface area contributed by atoms with Crippen LogP contribution in [-0.4, -0.2) is 12.5 Å². The van der Waals surface area contributed by atoms with Crippen LogP contribution in [0.2, 0.25) is 0 Å². The molecule has 5 heteroatoms. The Hall–Kier alpha value is -1.10. The van der Waals surface area contributed by atoms with E-state index in [9.17, 15) is 4.39 Å². The number of benzene rings is 1. The smallest absolute Gasteiger partial charge is 0.193 e. The number of hydrogen-bond acceptors (Lipinski definition) is 1. The van der Waals surface area contributed by atoms with Crippen molar-refractivity contribution in [3.63, 3.8) is 0 Å². The van der Waals surface area contributed by atoms with E-state index in [2.05, 4.69) is 26.2 Å². The van der Waals surface area contributed by atoms with E-state index < -0.39 is 0 Å². The van der Waals surface area contributed by atoms with Crippen LogP contribution < -0.4 is 11.1 Å². The highest BCUT2D eigenvalue weighted by Gasteiger charge is 2.05. The first-order valence-corrected chi connectivity index (χ1v) is 5.86. The quantitative estimate of drug-likeness (QED) is 0.663. The summed E-state index contributed by atoms with van der Waals surface area (Å²) in [4.78, 5) is 4.11. The summed E-state index contributed by atoms with van der Waals surface area (Å²) in [6.45, 7) is 4.52. The van der Waals surface area contributed by atoms with Gasteiger partial charge in [-0.3, -0.25) is 4.99 Å². The summed E-state index contributed by atoms with van der Waals surface area (Å²) in [6.07, 6.45) is 0.939. The van der Waals surface area contributed by atoms with Gasteiger partial charge in [0.05, 0.1) is 4.47 Å². The molecule has 0 aliphatic rings. The molecule has 88 valence electrons. The van der Waals surface area contributed by atoms with Crippen LogP contribution >= 0.6 is 15.9 Å². The first kappa shape index (κ1) is 13.0. The van der Waals surface area contributed by atoms with Crippen molar-refractivity contribution < 1.29 is 4.39 Å². The van der Waals surface area contributed by atoms with E-state index in [1.807, 2.05) is 13.8 Å². The second-order valence-electron chi connectivity index (χ2n) is 3.47. The summed E-state index contributed by atoms with van der Waals surface area (Å²) in [7, 11) is 0. The Morgan fingerprint density at radius 1 is 1.56 bits per heavy atom. The number of nitrogens with two attached hydrogens (primary N) is 1. The summed E-state index contributed by atoms with van der Waals surface area (Å²) in [6, 6.07) is 3.10. The van der Waals surface area contributed by atoms with Gasteiger partial charge in [0.2, 0.25) is 0 Å². The van der Waals surface area contributed by atoms with E-state index in [1.165, 1.54) is 6.07 Å². The lowest BCUT2D eigenvalue weighted by Crippen LogP contribution is -2.23. The molecule has 1 aromatic carbocycles. The van der Waals surface area contributed by atoms with Gasteiger partial charge in [0, 0.05) is 12.2 Å². The largest absolute Gasteiger partial charge is 0.370 e. The molecular weight excluding hydrogens is 273 g/mol. The molecule has 0 heterocycles. The van der Waals surface area contributed by atoms with Crippen LogP contribution in [0, 0.1) is 12.7 Å². The van der Waals surface area contributed by atoms with E-state index >= 15 is 0 Å². The maximum absolute atomic E-state index is 13.2. The van der Waals surface area contributed by atoms with Crippen LogP contribution in [0.5, 0.6) is 0 Å². The van der Waals surface area contributed by atoms with E-state index in [0.717, 1.165) is 17.7 Å². The summed E-state index contributed by atoms with van der Waals surface area (Å²) < 4.78 is 13.6. The number of guanidine groups is 1. The van der Waals surface area contributed by atoms with E-state index in [0.29, 0.717) is 17.0 Å². The van der Waals surface area contributed by atoms with E-state index in [1.54, 1.807) is 6.07 Å². The standard InChI is InChI=1S/C11H15BrFN3/c1-3-4-15-11(14)16-10-6-8(12)9(13)5-7(10)2/h5-6H,3-4H2,1-2H3,(H3,14,15,16). The van der Waals surface area contributed by atoms with Crippen molar-refractivity contribution in [2.75, 3.05) is 11.9 Å². The molecule has 0 amide bonds. The number of nitrogens with zero attached hydrogens (tertiary/aromatic N) is 1. The van der Waals surface area contributed by atoms with Crippen molar-refractivity contribution in [2.24, 2.45) is 10.7 Å². The summed E-state index contributed by atoms with van der Waals surface area (Å²) in [5, 5.41) is 2.94. The van der Waals surface area contributed by atoms with Crippen LogP contribution in [0.1, 0.15) is 18.9 Å². The van der Waals surface area contributed by atoms with Gasteiger partial charge in [0.1, 0.15) is 5.82 Å². The van der Waals surface area contributed by atoms with Crippen LogP contribution in [-0.2, 0) is 0 Å². The number of aryl methyl sites for hydroxylation is 1. The van der Waals surface area contributed by atoms with Gasteiger partial charge in [-0.2, -0.15) is 0 Å². The molecular formula is C11H15BrFN3. The predicted molar refractivity (Wildman–Crippen MR) is 69.2 cm³/mol. The molecule has 0 saturated heterocycles. The second kappa shape index (κ2) is 5.84. The summed E-state index contributed by atoms with van der Waals surface area (Å²) in [5.74, 6) is 0.0653. The normalized spacial score (nSPS) is 11.6. The molecule has 1 aromatic rings. The lowest BCUT2D eigenvalue weighted by molar-refractivity contribution is 0.620. The molecule has 0 spiro atoms. The lowest BCUT2D eigenvalue weighted by Gasteiger charge is -2.09. The summed E-state index contributed by atoms with van der Waals surface area (Å²) >= 11 is 3.13. The van der Waals surface area contributed by atoms with E-state index in [4.69, 9.17) is 5.73 Å². The first-order valence-electron chi connectivity index (χ1n) is 5.07. The minimum atomic E-state index is -0.285. The zero-order valence-corrected chi connectivity index (χ0v) is 10.9. The number of rotatable bonds is 3. The first-order chi connectivity index (χ1) is 7.54. The van der Waals surface area contributed by atoms with Gasteiger partial charge in [-0.1, -0.05) is 6.92 Å². The van der Waals surface area contributed by atoms with Crippen molar-refractivity contribution in [3.05, 3.63) is 28.0 Å². The van der Waals surface area contributed by atoms with Crippen LogP contribution in [0.15, 0.2) is 21.6 Å². The number of nitrogens with one attached hydrogen (secondary N) is 1. The molecule has 0 atom stereocenters. The number of anilines is 1. The van der Waals surface area contributed by atoms with Gasteiger partial charge in [-0.15, -0.1) is 0 Å². The molecule has 0 aromatic heterocycles. The average molecular weight is 288 g/mol. The summed E-state index contributed by atoms with van der Waals surface area (Å²) in [5.41, 5.74) is 7.22. The highest BCUT2D eigenvalue weighted by atomic mass is 79.9. The fourth-order valence-electron chi connectivity index (χ4n) is 1.19. The Kier molecular flexibility index (Phi) is 4.73. The average Bonchev–Trinajstić information content (AvgIpc) is 2.23. The van der Waals surface area contributed by atoms with Gasteiger partial charge < -0.3 is 11.1 Å². The molecule has 3 N–H and O–H groups in total. The molecule has 1 rings (SSSR count). The van der Waals surface area contributed by atoms with Crippen molar-refractivity contribution in [1.29, 1.82) is 0 Å². The van der Waals surface area contributed by atoms with Crippen LogP contribution in [0.25, 0.3) is 0 Å². The van der Waals surface area contributed by atoms with Crippen molar-refractivity contribution in [2.45, 2.75) is 20.3 Å². The lowest BCUT2D eigenvalue weighted by atomic mass is 10.2. The maximum Gasteiger partial charge on any atom is 0.193 e. The molecule has 0 unspecified atom stereocenters. The molecule has 0 aliphatic heterocycles. The minimum Gasteiger partial charge on any atom is -0.370 e. The zero-order valence-electron chi connectivity index (χ0n) is 9.35. The van der Waals surface area contributed by atoms with E-state index in [-0.39, 0.29) is 5.82 Å². The fourth-order valence-corrected chi connectivity index (χ4v) is 1.53. The topological polar surface area (TPSA) is 50.4 Å². The molecule has 0 aliphatic carbocycles. The third-order valence-corrected chi connectivity index (χ3v) is 2.64. The fraction of sp³-hybridized carbons (Fsp3) is 0.364. The van der Waals surface area contributed by atoms with Gasteiger partial charge in [-0.05, 0) is 47.0 Å². The maximum atomic E-state index is 13.2. The van der Waals surface area contributed by atoms with Crippen molar-refractivity contribution in [3.8, 4) is 0 Å². The molecule has 3 nitrogen and oxygen atoms in total. The van der Waals surface area contributed by atoms with Gasteiger partial charge >= 0.3 is 0 Å². The van der Waals surface area contributed by atoms with Gasteiger partial charge in [0.15, 0.2) is 5.96 Å². The number of hydrogen-bond donors (Lipinski definition) is 2. The Balaban J connectivity index is 2.85. The third kappa shape index (κ3) is 3.48. The SMILES string of the molecule is CCCN=C(N)Nc1cc(Br)c(F)cc1C. The highest BCUT2D eigenvalue weighted by molar-refractivity contribution is 9.10. The van der Waals surface area contributed by atoms with Crippen LogP contribution in [0.3, 0.4) is 0 Å². The monoisotopic (exact) mass is 287 g/mol. The number of aliphatic imine (C=N–C) groups is 1. The second-order valence-corrected chi connectivity index (χ2v) is 4.33. The number of halogens is 2. The van der Waals surface area contributed by atoms with Gasteiger partial charge in [-0.25, -0.2) is 4.39 Å². The molecule has 0 radical (unpaired) electrons. The van der Waals surface area contributed by atoms with Crippen molar-refractivity contribution >= 4 is 27.6 Å². The molecule has 16 heavy (non-hydrogen) atoms. The predicted octanol–water partition coefficient (Wildman–Crippen LogP) is 3.03. The molecule has 0 fully saturated rings. The van der Waals surface area contributed by atoms with Crippen LogP contribution in [0.4, 0.5) is 10.1 Å². The van der Waals surface area contributed by atoms with Gasteiger partial charge in [0.25, 0.3) is 0 Å². The highest BCUT2D eigenvalue weighted by Crippen LogP contribution is 2.23. The Morgan fingerprint density at radius 2 is 2.25 bits per heavy atom. The Morgan fingerprint density at radius 3 is 2.88 bits per heavy atom.